The fourth-order valence-electron chi connectivity index (χ4n) is 3.80. The molecule has 0 saturated carbocycles. The lowest BCUT2D eigenvalue weighted by Gasteiger charge is -2.18. The Morgan fingerprint density at radius 2 is 2.00 bits per heavy atom. The van der Waals surface area contributed by atoms with Gasteiger partial charge in [-0.05, 0) is 55.7 Å². The fraction of sp³-hybridized carbons (Fsp3) is 0.231. The number of amides is 2. The van der Waals surface area contributed by atoms with Crippen LogP contribution in [0.3, 0.4) is 0 Å². The highest BCUT2D eigenvalue weighted by atomic mass is 35.5. The molecule has 4 rings (SSSR count). The monoisotopic (exact) mass is 488 g/mol. The zero-order valence-corrected chi connectivity index (χ0v) is 20.2. The van der Waals surface area contributed by atoms with Crippen LogP contribution < -0.4 is 20.9 Å². The second kappa shape index (κ2) is 10.5. The molecule has 1 unspecified atom stereocenters. The summed E-state index contributed by atoms with van der Waals surface area (Å²) in [5.74, 6) is 2.96. The molecule has 0 saturated heterocycles. The Kier molecular flexibility index (Phi) is 7.18. The summed E-state index contributed by atoms with van der Waals surface area (Å²) in [4.78, 5) is 35.3. The Bertz CT molecular complexity index is 1320. The van der Waals surface area contributed by atoms with Gasteiger partial charge in [0.25, 0.3) is 5.91 Å². The highest BCUT2D eigenvalue weighted by Gasteiger charge is 2.19. The number of carbonyl (C=O) groups is 2. The van der Waals surface area contributed by atoms with Crippen molar-refractivity contribution in [3.63, 3.8) is 0 Å². The largest absolute Gasteiger partial charge is 0.339 e. The summed E-state index contributed by atoms with van der Waals surface area (Å²) in [6, 6.07) is 12.4. The number of rotatable bonds is 6. The number of hydrogen-bond acceptors (Lipinski definition) is 6. The lowest BCUT2D eigenvalue weighted by molar-refractivity contribution is -0.118. The Morgan fingerprint density at radius 3 is 2.80 bits per heavy atom. The van der Waals surface area contributed by atoms with Gasteiger partial charge in [0.15, 0.2) is 5.82 Å². The number of hydrogen-bond donors (Lipinski definition) is 3. The predicted octanol–water partition coefficient (Wildman–Crippen LogP) is 4.67. The van der Waals surface area contributed by atoms with Crippen LogP contribution in [0.1, 0.15) is 35.7 Å². The van der Waals surface area contributed by atoms with Gasteiger partial charge in [0.2, 0.25) is 11.9 Å². The first kappa shape index (κ1) is 24.0. The molecule has 2 amide bonds. The van der Waals surface area contributed by atoms with Crippen LogP contribution in [0, 0.1) is 12.3 Å². The molecule has 2 aromatic carbocycles. The lowest BCUT2D eigenvalue weighted by Crippen LogP contribution is -2.31. The summed E-state index contributed by atoms with van der Waals surface area (Å²) in [7, 11) is 1.80. The van der Waals surface area contributed by atoms with E-state index in [1.165, 1.54) is 6.20 Å². The van der Waals surface area contributed by atoms with Crippen molar-refractivity contribution in [2.75, 3.05) is 22.6 Å². The normalized spacial score (nSPS) is 13.8. The van der Waals surface area contributed by atoms with Crippen LogP contribution in [0.5, 0.6) is 0 Å². The number of para-hydroxylation sites is 1. The molecule has 3 aromatic rings. The van der Waals surface area contributed by atoms with E-state index in [9.17, 15) is 9.59 Å². The van der Waals surface area contributed by atoms with Crippen molar-refractivity contribution in [2.24, 2.45) is 0 Å². The third-order valence-electron chi connectivity index (χ3n) is 5.67. The first-order chi connectivity index (χ1) is 16.9. The van der Waals surface area contributed by atoms with Crippen molar-refractivity contribution in [2.45, 2.75) is 32.2 Å². The molecule has 0 bridgehead atoms. The van der Waals surface area contributed by atoms with E-state index in [2.05, 4.69) is 31.8 Å². The molecule has 1 atom stereocenters. The first-order valence-corrected chi connectivity index (χ1v) is 11.6. The molecule has 1 aromatic heterocycles. The van der Waals surface area contributed by atoms with E-state index in [1.54, 1.807) is 43.1 Å². The van der Waals surface area contributed by atoms with E-state index in [0.717, 1.165) is 29.8 Å². The second-order valence-corrected chi connectivity index (χ2v) is 8.60. The number of nitrogens with one attached hydrogen (secondary N) is 3. The molecule has 1 aliphatic heterocycles. The number of nitrogens with zero attached hydrogens (tertiary/aromatic N) is 3. The average molecular weight is 489 g/mol. The smallest absolute Gasteiger partial charge is 0.254 e. The molecular formula is C26H25ClN6O2. The highest BCUT2D eigenvalue weighted by Crippen LogP contribution is 2.31. The number of anilines is 5. The fourth-order valence-corrected chi connectivity index (χ4v) is 3.94. The van der Waals surface area contributed by atoms with Crippen LogP contribution in [0.2, 0.25) is 5.02 Å². The van der Waals surface area contributed by atoms with Crippen molar-refractivity contribution < 1.29 is 9.59 Å². The van der Waals surface area contributed by atoms with E-state index in [4.69, 9.17) is 18.0 Å². The number of benzene rings is 2. The van der Waals surface area contributed by atoms with Gasteiger partial charge in [-0.25, -0.2) is 4.98 Å². The van der Waals surface area contributed by atoms with Gasteiger partial charge in [0.1, 0.15) is 5.02 Å². The summed E-state index contributed by atoms with van der Waals surface area (Å²) in [6.45, 7) is 1.73. The molecule has 9 heteroatoms. The van der Waals surface area contributed by atoms with Crippen LogP contribution in [0.25, 0.3) is 0 Å². The second-order valence-electron chi connectivity index (χ2n) is 8.20. The van der Waals surface area contributed by atoms with Crippen molar-refractivity contribution in [1.29, 1.82) is 0 Å². The average Bonchev–Trinajstić information content (AvgIpc) is 2.99. The molecule has 8 nitrogen and oxygen atoms in total. The minimum Gasteiger partial charge on any atom is -0.339 e. The number of terminal acetylenes is 1. The van der Waals surface area contributed by atoms with Gasteiger partial charge in [0.05, 0.1) is 23.5 Å². The maximum atomic E-state index is 12.7. The zero-order valence-electron chi connectivity index (χ0n) is 19.4. The SMILES string of the molecule is C#CC(C)NC(=O)c1ccccc1Nc1nc(Nc2ccc3c(c2)CCCC(=O)N3C)ncc1Cl. The zero-order chi connectivity index (χ0) is 24.9. The van der Waals surface area contributed by atoms with Crippen molar-refractivity contribution in [3.8, 4) is 12.3 Å². The molecule has 1 aliphatic rings. The molecule has 0 aliphatic carbocycles. The van der Waals surface area contributed by atoms with Gasteiger partial charge in [-0.2, -0.15) is 4.98 Å². The Morgan fingerprint density at radius 1 is 1.20 bits per heavy atom. The number of carbonyl (C=O) groups excluding carboxylic acids is 2. The van der Waals surface area contributed by atoms with E-state index in [1.807, 2.05) is 18.2 Å². The maximum absolute atomic E-state index is 12.7. The van der Waals surface area contributed by atoms with Gasteiger partial charge in [0, 0.05) is 24.8 Å². The van der Waals surface area contributed by atoms with Gasteiger partial charge < -0.3 is 20.9 Å². The van der Waals surface area contributed by atoms with Gasteiger partial charge in [-0.15, -0.1) is 6.42 Å². The number of aromatic nitrogens is 2. The third kappa shape index (κ3) is 5.53. The topological polar surface area (TPSA) is 99.2 Å². The minimum atomic E-state index is -0.409. The summed E-state index contributed by atoms with van der Waals surface area (Å²) >= 11 is 6.35. The van der Waals surface area contributed by atoms with E-state index in [0.29, 0.717) is 34.5 Å². The molecule has 2 heterocycles. The molecular weight excluding hydrogens is 464 g/mol. The molecule has 0 spiro atoms. The Labute approximate surface area is 209 Å². The number of fused-ring (bicyclic) bond motifs is 1. The first-order valence-electron chi connectivity index (χ1n) is 11.2. The highest BCUT2D eigenvalue weighted by molar-refractivity contribution is 6.33. The molecule has 35 heavy (non-hydrogen) atoms. The van der Waals surface area contributed by atoms with Crippen LogP contribution in [-0.4, -0.2) is 34.9 Å². The summed E-state index contributed by atoms with van der Waals surface area (Å²) in [6.07, 6.45) is 9.01. The van der Waals surface area contributed by atoms with Gasteiger partial charge in [-0.3, -0.25) is 9.59 Å². The summed E-state index contributed by atoms with van der Waals surface area (Å²) in [5.41, 5.74) is 3.72. The third-order valence-corrected chi connectivity index (χ3v) is 5.95. The Hall–Kier alpha value is -4.09. The van der Waals surface area contributed by atoms with Crippen molar-refractivity contribution in [3.05, 3.63) is 64.8 Å². The van der Waals surface area contributed by atoms with Crippen molar-refractivity contribution in [1.82, 2.24) is 15.3 Å². The van der Waals surface area contributed by atoms with Crippen LogP contribution >= 0.6 is 11.6 Å². The van der Waals surface area contributed by atoms with Crippen molar-refractivity contribution >= 4 is 52.2 Å². The van der Waals surface area contributed by atoms with E-state index < -0.39 is 6.04 Å². The van der Waals surface area contributed by atoms with E-state index in [-0.39, 0.29) is 11.8 Å². The van der Waals surface area contributed by atoms with Crippen LogP contribution in [-0.2, 0) is 11.2 Å². The van der Waals surface area contributed by atoms with Crippen LogP contribution in [0.15, 0.2) is 48.7 Å². The van der Waals surface area contributed by atoms with Gasteiger partial charge in [-0.1, -0.05) is 29.7 Å². The Balaban J connectivity index is 1.56. The molecule has 0 fully saturated rings. The molecule has 178 valence electrons. The molecule has 0 radical (unpaired) electrons. The summed E-state index contributed by atoms with van der Waals surface area (Å²) < 4.78 is 0. The summed E-state index contributed by atoms with van der Waals surface area (Å²) in [5, 5.41) is 9.37. The number of halogens is 1. The van der Waals surface area contributed by atoms with Gasteiger partial charge >= 0.3 is 0 Å². The minimum absolute atomic E-state index is 0.115. The van der Waals surface area contributed by atoms with E-state index >= 15 is 0 Å². The number of aryl methyl sites for hydroxylation is 1. The van der Waals surface area contributed by atoms with Crippen LogP contribution in [0.4, 0.5) is 28.8 Å². The predicted molar refractivity (Wildman–Crippen MR) is 139 cm³/mol. The lowest BCUT2D eigenvalue weighted by atomic mass is 10.1. The maximum Gasteiger partial charge on any atom is 0.254 e. The quantitative estimate of drug-likeness (QED) is 0.436. The standard InChI is InChI=1S/C26H25ClN6O2/c1-4-16(2)29-25(35)19-9-5-6-10-21(19)31-24-20(27)15-28-26(32-24)30-18-12-13-22-17(14-18)8-7-11-23(34)33(22)3/h1,5-6,9-10,12-16H,7-8,11H2,2-3H3,(H,29,35)(H2,28,30,31,32). The molecule has 3 N–H and O–H groups in total.